The maximum Gasteiger partial charge on any atom is 0.289 e. The molecule has 0 atom stereocenters. The predicted molar refractivity (Wildman–Crippen MR) is 150 cm³/mol. The van der Waals surface area contributed by atoms with Gasteiger partial charge < -0.3 is 20.1 Å². The van der Waals surface area contributed by atoms with E-state index in [1.165, 1.54) is 0 Å². The average molecular weight is 541 g/mol. The zero-order valence-electron chi connectivity index (χ0n) is 22.8. The predicted octanol–water partition coefficient (Wildman–Crippen LogP) is 4.31. The first kappa shape index (κ1) is 27.9. The molecule has 0 spiro atoms. The molecule has 9 nitrogen and oxygen atoms in total. The van der Waals surface area contributed by atoms with Crippen molar-refractivity contribution in [1.82, 2.24) is 29.9 Å². The number of aromatic hydroxyl groups is 1. The number of nitrogens with one attached hydrogen (secondary N) is 1. The molecule has 0 saturated carbocycles. The summed E-state index contributed by atoms with van der Waals surface area (Å²) < 4.78 is 7.09. The largest absolute Gasteiger partial charge is 0.507 e. The number of ether oxygens (including phenoxy) is 1. The number of carbonyl (C=O) groups is 1. The molecule has 0 radical (unpaired) electrons. The SMILES string of the molecule is CCNC(=O)c1nnc(-c2cc(C(C)C)c(OC)cc2O)n1-c1ccc(CN2CCN(CC)CC2)cc1Cl. The summed E-state index contributed by atoms with van der Waals surface area (Å²) in [6, 6.07) is 9.24. The standard InChI is InChI=1S/C28H37ClN6O3/c1-6-30-28(37)27-32-31-26(21-15-20(18(3)4)25(38-5)16-24(21)36)35(27)23-9-8-19(14-22(23)29)17-34-12-10-33(7-2)11-13-34/h8-9,14-16,18,36H,6-7,10-13,17H2,1-5H3,(H,30,37). The average Bonchev–Trinajstić information content (AvgIpc) is 3.33. The van der Waals surface area contributed by atoms with Crippen LogP contribution in [-0.4, -0.2) is 82.0 Å². The highest BCUT2D eigenvalue weighted by molar-refractivity contribution is 6.32. The lowest BCUT2D eigenvalue weighted by Crippen LogP contribution is -2.45. The van der Waals surface area contributed by atoms with Gasteiger partial charge in [0.05, 0.1) is 23.4 Å². The van der Waals surface area contributed by atoms with Gasteiger partial charge in [0.25, 0.3) is 5.91 Å². The first-order chi connectivity index (χ1) is 18.3. The van der Waals surface area contributed by atoms with E-state index < -0.39 is 0 Å². The highest BCUT2D eigenvalue weighted by atomic mass is 35.5. The second-order valence-corrected chi connectivity index (χ2v) is 10.2. The third kappa shape index (κ3) is 5.80. The third-order valence-electron chi connectivity index (χ3n) is 6.99. The minimum absolute atomic E-state index is 0.0266. The van der Waals surface area contributed by atoms with E-state index in [0.29, 0.717) is 34.4 Å². The molecular formula is C28H37ClN6O3. The summed E-state index contributed by atoms with van der Waals surface area (Å²) in [6.45, 7) is 14.6. The molecule has 4 rings (SSSR count). The van der Waals surface area contributed by atoms with Gasteiger partial charge in [0.15, 0.2) is 5.82 Å². The normalized spacial score (nSPS) is 14.7. The number of phenols is 1. The van der Waals surface area contributed by atoms with Gasteiger partial charge in [0.2, 0.25) is 5.82 Å². The molecule has 0 aliphatic carbocycles. The summed E-state index contributed by atoms with van der Waals surface area (Å²) in [6.07, 6.45) is 0. The number of carbonyl (C=O) groups excluding carboxylic acids is 1. The van der Waals surface area contributed by atoms with Gasteiger partial charge in [-0.25, -0.2) is 0 Å². The Bertz CT molecular complexity index is 1280. The summed E-state index contributed by atoms with van der Waals surface area (Å²) in [5, 5.41) is 22.7. The van der Waals surface area contributed by atoms with E-state index in [0.717, 1.165) is 50.4 Å². The summed E-state index contributed by atoms with van der Waals surface area (Å²) in [4.78, 5) is 17.8. The quantitative estimate of drug-likeness (QED) is 0.417. The molecule has 204 valence electrons. The Morgan fingerprint density at radius 2 is 1.82 bits per heavy atom. The maximum atomic E-state index is 13.0. The summed E-state index contributed by atoms with van der Waals surface area (Å²) in [5.74, 6) is 0.717. The number of amides is 1. The molecule has 38 heavy (non-hydrogen) atoms. The Hall–Kier alpha value is -3.14. The fourth-order valence-corrected chi connectivity index (χ4v) is 5.11. The second kappa shape index (κ2) is 12.1. The van der Waals surface area contributed by atoms with Crippen LogP contribution in [0.15, 0.2) is 30.3 Å². The molecule has 1 aliphatic rings. The van der Waals surface area contributed by atoms with Crippen LogP contribution >= 0.6 is 11.6 Å². The number of phenolic OH excluding ortho intramolecular Hbond substituents is 1. The smallest absolute Gasteiger partial charge is 0.289 e. The van der Waals surface area contributed by atoms with E-state index in [-0.39, 0.29) is 23.4 Å². The van der Waals surface area contributed by atoms with E-state index >= 15 is 0 Å². The minimum atomic E-state index is -0.378. The number of nitrogens with zero attached hydrogens (tertiary/aromatic N) is 5. The molecule has 1 aliphatic heterocycles. The molecule has 2 heterocycles. The molecule has 1 saturated heterocycles. The molecule has 0 bridgehead atoms. The number of rotatable bonds is 9. The Kier molecular flexibility index (Phi) is 8.91. The number of piperazine rings is 1. The van der Waals surface area contributed by atoms with Crippen molar-refractivity contribution in [3.05, 3.63) is 52.3 Å². The molecule has 1 fully saturated rings. The lowest BCUT2D eigenvalue weighted by molar-refractivity contribution is 0.0943. The third-order valence-corrected chi connectivity index (χ3v) is 7.29. The minimum Gasteiger partial charge on any atom is -0.507 e. The van der Waals surface area contributed by atoms with Crippen molar-refractivity contribution in [2.75, 3.05) is 46.4 Å². The number of halogens is 1. The molecule has 0 unspecified atom stereocenters. The van der Waals surface area contributed by atoms with Crippen LogP contribution in [0.5, 0.6) is 11.5 Å². The molecule has 1 amide bonds. The van der Waals surface area contributed by atoms with Gasteiger partial charge in [0, 0.05) is 45.3 Å². The molecule has 2 N–H and O–H groups in total. The lowest BCUT2D eigenvalue weighted by atomic mass is 9.98. The van der Waals surface area contributed by atoms with Crippen LogP contribution < -0.4 is 10.1 Å². The van der Waals surface area contributed by atoms with E-state index in [9.17, 15) is 9.90 Å². The number of methoxy groups -OCH3 is 1. The lowest BCUT2D eigenvalue weighted by Gasteiger charge is -2.34. The van der Waals surface area contributed by atoms with Crippen molar-refractivity contribution in [3.63, 3.8) is 0 Å². The van der Waals surface area contributed by atoms with Gasteiger partial charge in [-0.05, 0) is 48.7 Å². The summed E-state index contributed by atoms with van der Waals surface area (Å²) in [5.41, 5.74) is 2.99. The van der Waals surface area contributed by atoms with Gasteiger partial charge in [0.1, 0.15) is 11.5 Å². The number of hydrogen-bond acceptors (Lipinski definition) is 7. The highest BCUT2D eigenvalue weighted by Crippen LogP contribution is 2.39. The van der Waals surface area contributed by atoms with E-state index in [1.807, 2.05) is 45.0 Å². The van der Waals surface area contributed by atoms with Crippen molar-refractivity contribution in [2.45, 2.75) is 40.2 Å². The van der Waals surface area contributed by atoms with E-state index in [2.05, 4.69) is 32.2 Å². The van der Waals surface area contributed by atoms with Gasteiger partial charge in [-0.1, -0.05) is 38.4 Å². The summed E-state index contributed by atoms with van der Waals surface area (Å²) >= 11 is 6.85. The van der Waals surface area contributed by atoms with Crippen LogP contribution in [0.1, 0.15) is 55.4 Å². The highest BCUT2D eigenvalue weighted by Gasteiger charge is 2.26. The summed E-state index contributed by atoms with van der Waals surface area (Å²) in [7, 11) is 1.57. The first-order valence-electron chi connectivity index (χ1n) is 13.2. The molecule has 1 aromatic heterocycles. The zero-order valence-corrected chi connectivity index (χ0v) is 23.5. The van der Waals surface area contributed by atoms with E-state index in [1.54, 1.807) is 17.7 Å². The Morgan fingerprint density at radius 1 is 1.11 bits per heavy atom. The monoisotopic (exact) mass is 540 g/mol. The molecule has 3 aromatic rings. The Labute approximate surface area is 229 Å². The van der Waals surface area contributed by atoms with Gasteiger partial charge in [-0.2, -0.15) is 0 Å². The van der Waals surface area contributed by atoms with Crippen LogP contribution in [0.25, 0.3) is 17.1 Å². The van der Waals surface area contributed by atoms with Crippen LogP contribution in [-0.2, 0) is 6.54 Å². The van der Waals surface area contributed by atoms with Gasteiger partial charge in [-0.3, -0.25) is 14.3 Å². The second-order valence-electron chi connectivity index (χ2n) is 9.80. The number of benzene rings is 2. The Morgan fingerprint density at radius 3 is 2.42 bits per heavy atom. The van der Waals surface area contributed by atoms with Crippen LogP contribution in [0.2, 0.25) is 5.02 Å². The van der Waals surface area contributed by atoms with Crippen molar-refractivity contribution >= 4 is 17.5 Å². The maximum absolute atomic E-state index is 13.0. The molecule has 2 aromatic carbocycles. The van der Waals surface area contributed by atoms with E-state index in [4.69, 9.17) is 16.3 Å². The molecule has 10 heteroatoms. The van der Waals surface area contributed by atoms with Crippen LogP contribution in [0, 0.1) is 0 Å². The Balaban J connectivity index is 1.76. The van der Waals surface area contributed by atoms with Crippen molar-refractivity contribution in [2.24, 2.45) is 0 Å². The fraction of sp³-hybridized carbons (Fsp3) is 0.464. The number of likely N-dealkylation sites (N-methyl/N-ethyl adjacent to an activating group) is 1. The van der Waals surface area contributed by atoms with Crippen LogP contribution in [0.3, 0.4) is 0 Å². The molecular weight excluding hydrogens is 504 g/mol. The number of hydrogen-bond donors (Lipinski definition) is 2. The number of aromatic nitrogens is 3. The fourth-order valence-electron chi connectivity index (χ4n) is 4.82. The van der Waals surface area contributed by atoms with Crippen molar-refractivity contribution in [1.29, 1.82) is 0 Å². The zero-order chi connectivity index (χ0) is 27.4. The topological polar surface area (TPSA) is 95.8 Å². The first-order valence-corrected chi connectivity index (χ1v) is 13.5. The van der Waals surface area contributed by atoms with Gasteiger partial charge in [-0.15, -0.1) is 10.2 Å². The van der Waals surface area contributed by atoms with Crippen LogP contribution in [0.4, 0.5) is 0 Å². The van der Waals surface area contributed by atoms with Gasteiger partial charge >= 0.3 is 0 Å². The van der Waals surface area contributed by atoms with Crippen molar-refractivity contribution in [3.8, 4) is 28.6 Å². The van der Waals surface area contributed by atoms with Crippen molar-refractivity contribution < 1.29 is 14.6 Å².